The van der Waals surface area contributed by atoms with Gasteiger partial charge in [0.15, 0.2) is 0 Å². The van der Waals surface area contributed by atoms with Gasteiger partial charge in [-0.1, -0.05) is 19.3 Å². The average molecular weight is 377 g/mol. The first kappa shape index (κ1) is 19.2. The highest BCUT2D eigenvalue weighted by Gasteiger charge is 2.41. The van der Waals surface area contributed by atoms with E-state index in [1.54, 1.807) is 0 Å². The third-order valence-electron chi connectivity index (χ3n) is 7.10. The number of piperidine rings is 1. The topological polar surface area (TPSA) is 49.9 Å². The number of carbonyl (C=O) groups excluding carboxylic acids is 2. The van der Waals surface area contributed by atoms with E-state index >= 15 is 0 Å². The largest absolute Gasteiger partial charge is 0.381 e. The SMILES string of the molecule is O=C(CC1CCCCC1)N1CCCC(N(C(=O)C2CC2)C2CCOCC2)C1. The van der Waals surface area contributed by atoms with Gasteiger partial charge in [0.1, 0.15) is 0 Å². The Hall–Kier alpha value is -1.10. The lowest BCUT2D eigenvalue weighted by Crippen LogP contribution is -2.56. The van der Waals surface area contributed by atoms with E-state index in [4.69, 9.17) is 4.74 Å². The number of hydrogen-bond donors (Lipinski definition) is 0. The normalized spacial score (nSPS) is 28.1. The molecule has 0 bridgehead atoms. The molecular weight excluding hydrogens is 340 g/mol. The number of amides is 2. The van der Waals surface area contributed by atoms with Crippen LogP contribution in [0.1, 0.15) is 77.0 Å². The summed E-state index contributed by atoms with van der Waals surface area (Å²) in [5, 5.41) is 0. The minimum absolute atomic E-state index is 0.213. The molecule has 2 saturated carbocycles. The molecule has 2 saturated heterocycles. The molecule has 2 aliphatic carbocycles. The summed E-state index contributed by atoms with van der Waals surface area (Å²) in [5.41, 5.74) is 0. The first-order valence-corrected chi connectivity index (χ1v) is 11.4. The van der Waals surface area contributed by atoms with E-state index in [1.165, 1.54) is 32.1 Å². The van der Waals surface area contributed by atoms with Gasteiger partial charge in [0, 0.05) is 50.7 Å². The number of rotatable bonds is 5. The van der Waals surface area contributed by atoms with Gasteiger partial charge in [-0.3, -0.25) is 9.59 Å². The first-order chi connectivity index (χ1) is 13.2. The highest BCUT2D eigenvalue weighted by molar-refractivity contribution is 5.82. The van der Waals surface area contributed by atoms with E-state index in [9.17, 15) is 9.59 Å². The molecule has 152 valence electrons. The third-order valence-corrected chi connectivity index (χ3v) is 7.10. The van der Waals surface area contributed by atoms with Crippen molar-refractivity contribution >= 4 is 11.8 Å². The van der Waals surface area contributed by atoms with Gasteiger partial charge < -0.3 is 14.5 Å². The molecule has 2 heterocycles. The van der Waals surface area contributed by atoms with Gasteiger partial charge in [-0.15, -0.1) is 0 Å². The minimum atomic E-state index is 0.213. The van der Waals surface area contributed by atoms with Crippen molar-refractivity contribution in [3.8, 4) is 0 Å². The van der Waals surface area contributed by atoms with E-state index in [2.05, 4.69) is 9.80 Å². The summed E-state index contributed by atoms with van der Waals surface area (Å²) >= 11 is 0. The molecule has 5 heteroatoms. The second-order valence-electron chi connectivity index (χ2n) is 9.21. The molecule has 0 aromatic carbocycles. The lowest BCUT2D eigenvalue weighted by molar-refractivity contribution is -0.145. The Labute approximate surface area is 163 Å². The summed E-state index contributed by atoms with van der Waals surface area (Å²) in [6.07, 6.45) is 13.1. The van der Waals surface area contributed by atoms with Crippen LogP contribution < -0.4 is 0 Å². The average Bonchev–Trinajstić information content (AvgIpc) is 3.55. The number of likely N-dealkylation sites (tertiary alicyclic amines) is 1. The van der Waals surface area contributed by atoms with Crippen LogP contribution in [0.4, 0.5) is 0 Å². The smallest absolute Gasteiger partial charge is 0.226 e. The molecule has 1 atom stereocenters. The van der Waals surface area contributed by atoms with Crippen LogP contribution in [0.25, 0.3) is 0 Å². The first-order valence-electron chi connectivity index (χ1n) is 11.4. The fraction of sp³-hybridized carbons (Fsp3) is 0.909. The Bertz CT molecular complexity index is 522. The summed E-state index contributed by atoms with van der Waals surface area (Å²) in [4.78, 5) is 30.3. The van der Waals surface area contributed by atoms with Gasteiger partial charge in [0.2, 0.25) is 11.8 Å². The Morgan fingerprint density at radius 1 is 0.852 bits per heavy atom. The number of ether oxygens (including phenoxy) is 1. The highest BCUT2D eigenvalue weighted by atomic mass is 16.5. The van der Waals surface area contributed by atoms with Crippen LogP contribution in [0.3, 0.4) is 0 Å². The maximum Gasteiger partial charge on any atom is 0.226 e. The predicted molar refractivity (Wildman–Crippen MR) is 104 cm³/mol. The molecule has 0 N–H and O–H groups in total. The van der Waals surface area contributed by atoms with Crippen LogP contribution in [0.2, 0.25) is 0 Å². The molecule has 0 aromatic heterocycles. The Morgan fingerprint density at radius 3 is 2.30 bits per heavy atom. The zero-order valence-corrected chi connectivity index (χ0v) is 16.7. The van der Waals surface area contributed by atoms with Gasteiger partial charge in [0.25, 0.3) is 0 Å². The van der Waals surface area contributed by atoms with Crippen molar-refractivity contribution in [2.75, 3.05) is 26.3 Å². The molecule has 1 unspecified atom stereocenters. The minimum Gasteiger partial charge on any atom is -0.381 e. The molecule has 5 nitrogen and oxygen atoms in total. The van der Waals surface area contributed by atoms with Gasteiger partial charge in [-0.2, -0.15) is 0 Å². The Balaban J connectivity index is 1.39. The van der Waals surface area contributed by atoms with E-state index in [0.717, 1.165) is 71.2 Å². The number of carbonyl (C=O) groups is 2. The number of nitrogens with zero attached hydrogens (tertiary/aromatic N) is 2. The second kappa shape index (κ2) is 8.93. The zero-order valence-electron chi connectivity index (χ0n) is 16.7. The van der Waals surface area contributed by atoms with Crippen LogP contribution in [0, 0.1) is 11.8 Å². The van der Waals surface area contributed by atoms with Crippen molar-refractivity contribution in [3.05, 3.63) is 0 Å². The van der Waals surface area contributed by atoms with E-state index in [1.807, 2.05) is 0 Å². The molecule has 0 aromatic rings. The molecule has 0 radical (unpaired) electrons. The molecule has 4 aliphatic rings. The summed E-state index contributed by atoms with van der Waals surface area (Å²) in [7, 11) is 0. The van der Waals surface area contributed by atoms with Crippen molar-refractivity contribution in [2.45, 2.75) is 89.1 Å². The maximum absolute atomic E-state index is 13.1. The summed E-state index contributed by atoms with van der Waals surface area (Å²) < 4.78 is 5.53. The van der Waals surface area contributed by atoms with Gasteiger partial charge >= 0.3 is 0 Å². The highest BCUT2D eigenvalue weighted by Crippen LogP contribution is 2.35. The van der Waals surface area contributed by atoms with Gasteiger partial charge in [0.05, 0.1) is 0 Å². The van der Waals surface area contributed by atoms with Crippen molar-refractivity contribution in [3.63, 3.8) is 0 Å². The zero-order chi connectivity index (χ0) is 18.6. The molecule has 4 rings (SSSR count). The second-order valence-corrected chi connectivity index (χ2v) is 9.21. The molecule has 27 heavy (non-hydrogen) atoms. The van der Waals surface area contributed by atoms with Crippen LogP contribution >= 0.6 is 0 Å². The number of hydrogen-bond acceptors (Lipinski definition) is 3. The molecular formula is C22H36N2O3. The van der Waals surface area contributed by atoms with Gasteiger partial charge in [-0.25, -0.2) is 0 Å². The van der Waals surface area contributed by atoms with Crippen LogP contribution in [0.15, 0.2) is 0 Å². The lowest BCUT2D eigenvalue weighted by atomic mass is 9.86. The van der Waals surface area contributed by atoms with Crippen molar-refractivity contribution in [1.29, 1.82) is 0 Å². The maximum atomic E-state index is 13.1. The van der Waals surface area contributed by atoms with Crippen LogP contribution in [-0.2, 0) is 14.3 Å². The summed E-state index contributed by atoms with van der Waals surface area (Å²) in [6, 6.07) is 0.524. The predicted octanol–water partition coefficient (Wildman–Crippen LogP) is 3.37. The monoisotopic (exact) mass is 376 g/mol. The Kier molecular flexibility index (Phi) is 6.36. The van der Waals surface area contributed by atoms with E-state index < -0.39 is 0 Å². The van der Waals surface area contributed by atoms with Crippen LogP contribution in [-0.4, -0.2) is 60.0 Å². The standard InChI is InChI=1S/C22H36N2O3/c25-21(15-17-5-2-1-3-6-17)23-12-4-7-20(16-23)24(22(26)18-8-9-18)19-10-13-27-14-11-19/h17-20H,1-16H2. The van der Waals surface area contributed by atoms with Crippen molar-refractivity contribution in [2.24, 2.45) is 11.8 Å². The molecule has 4 fully saturated rings. The summed E-state index contributed by atoms with van der Waals surface area (Å²) in [5.74, 6) is 1.53. The quantitative estimate of drug-likeness (QED) is 0.739. The molecule has 2 amide bonds. The Morgan fingerprint density at radius 2 is 1.59 bits per heavy atom. The van der Waals surface area contributed by atoms with Gasteiger partial charge in [-0.05, 0) is 57.3 Å². The van der Waals surface area contributed by atoms with Crippen molar-refractivity contribution < 1.29 is 14.3 Å². The fourth-order valence-corrected chi connectivity index (χ4v) is 5.34. The lowest BCUT2D eigenvalue weighted by Gasteiger charge is -2.44. The molecule has 0 spiro atoms. The molecule has 2 aliphatic heterocycles. The summed E-state index contributed by atoms with van der Waals surface area (Å²) in [6.45, 7) is 3.15. The van der Waals surface area contributed by atoms with Crippen LogP contribution in [0.5, 0.6) is 0 Å². The fourth-order valence-electron chi connectivity index (χ4n) is 5.34. The van der Waals surface area contributed by atoms with E-state index in [-0.39, 0.29) is 12.0 Å². The van der Waals surface area contributed by atoms with Crippen molar-refractivity contribution in [1.82, 2.24) is 9.80 Å². The van der Waals surface area contributed by atoms with E-state index in [0.29, 0.717) is 23.8 Å². The third kappa shape index (κ3) is 4.85.